The quantitative estimate of drug-likeness (QED) is 0.547. The lowest BCUT2D eigenvalue weighted by Gasteiger charge is -2.23. The Morgan fingerprint density at radius 3 is 2.69 bits per heavy atom. The fourth-order valence-electron chi connectivity index (χ4n) is 3.94. The third-order valence-corrected chi connectivity index (χ3v) is 5.57. The van der Waals surface area contributed by atoms with Gasteiger partial charge in [-0.25, -0.2) is 27.7 Å². The maximum atomic E-state index is 14.0. The summed E-state index contributed by atoms with van der Waals surface area (Å²) in [7, 11) is 3.75. The predicted octanol–water partition coefficient (Wildman–Crippen LogP) is 4.58. The van der Waals surface area contributed by atoms with E-state index in [-0.39, 0.29) is 7.85 Å². The first-order chi connectivity index (χ1) is 15.2. The molecule has 3 aromatic rings. The van der Waals surface area contributed by atoms with Gasteiger partial charge >= 0.3 is 0 Å². The molecule has 1 unspecified atom stereocenters. The molecular weight excluding hydrogens is 419 g/mol. The molecule has 1 aliphatic rings. The van der Waals surface area contributed by atoms with E-state index in [0.717, 1.165) is 5.56 Å². The molecule has 0 saturated carbocycles. The smallest absolute Gasteiger partial charge is 0.241 e. The van der Waals surface area contributed by atoms with Crippen molar-refractivity contribution in [2.75, 3.05) is 26.0 Å². The van der Waals surface area contributed by atoms with Gasteiger partial charge in [0.15, 0.2) is 0 Å². The van der Waals surface area contributed by atoms with Gasteiger partial charge in [0.25, 0.3) is 0 Å². The van der Waals surface area contributed by atoms with Crippen molar-refractivity contribution in [2.45, 2.75) is 44.8 Å². The number of hydrogen-bond donors (Lipinski definition) is 1. The van der Waals surface area contributed by atoms with E-state index >= 15 is 0 Å². The van der Waals surface area contributed by atoms with E-state index in [4.69, 9.17) is 0 Å². The van der Waals surface area contributed by atoms with Crippen molar-refractivity contribution in [1.82, 2.24) is 24.5 Å². The zero-order valence-electron chi connectivity index (χ0n) is 18.4. The van der Waals surface area contributed by atoms with Crippen molar-refractivity contribution in [3.8, 4) is 11.3 Å². The van der Waals surface area contributed by atoms with Crippen LogP contribution in [0.15, 0.2) is 35.6 Å². The van der Waals surface area contributed by atoms with E-state index in [1.807, 2.05) is 31.1 Å². The first kappa shape index (κ1) is 22.2. The number of rotatable bonds is 8. The number of aromatic nitrogens is 4. The number of likely N-dealkylation sites (N-methyl/N-ethyl adjacent to an activating group) is 1. The second kappa shape index (κ2) is 8.85. The van der Waals surface area contributed by atoms with Gasteiger partial charge in [0, 0.05) is 37.8 Å². The van der Waals surface area contributed by atoms with Gasteiger partial charge < -0.3 is 10.2 Å². The second-order valence-corrected chi connectivity index (χ2v) is 8.37. The van der Waals surface area contributed by atoms with Crippen LogP contribution in [-0.4, -0.2) is 69.5 Å². The molecule has 10 heteroatoms. The summed E-state index contributed by atoms with van der Waals surface area (Å²) in [6.07, 6.45) is -0.397. The minimum Gasteiger partial charge on any atom is -0.346 e. The van der Waals surface area contributed by atoms with Crippen molar-refractivity contribution in [2.24, 2.45) is 4.99 Å². The Balaban J connectivity index is 0.00000306. The number of nitrogens with zero attached hydrogens (tertiary/aromatic N) is 6. The van der Waals surface area contributed by atoms with Gasteiger partial charge in [0.2, 0.25) is 12.4 Å². The van der Waals surface area contributed by atoms with Crippen LogP contribution in [0.5, 0.6) is 0 Å². The van der Waals surface area contributed by atoms with Crippen LogP contribution in [0.1, 0.15) is 33.3 Å². The highest BCUT2D eigenvalue weighted by atomic mass is 19.3. The van der Waals surface area contributed by atoms with E-state index < -0.39 is 24.6 Å². The van der Waals surface area contributed by atoms with Crippen molar-refractivity contribution in [3.05, 3.63) is 36.3 Å². The molecule has 0 aliphatic carbocycles. The first-order valence-corrected chi connectivity index (χ1v) is 10.5. The highest BCUT2D eigenvalue weighted by Gasteiger charge is 2.29. The largest absolute Gasteiger partial charge is 0.346 e. The van der Waals surface area contributed by atoms with Crippen LogP contribution in [-0.2, 0) is 0 Å². The Kier molecular flexibility index (Phi) is 6.14. The lowest BCUT2D eigenvalue weighted by Crippen LogP contribution is -2.39. The van der Waals surface area contributed by atoms with Crippen molar-refractivity contribution in [3.63, 3.8) is 0 Å². The van der Waals surface area contributed by atoms with E-state index in [0.29, 0.717) is 40.8 Å². The molecular formula is C22H28F3N7. The van der Waals surface area contributed by atoms with Gasteiger partial charge in [-0.3, -0.25) is 4.99 Å². The summed E-state index contributed by atoms with van der Waals surface area (Å²) in [6.45, 7) is 3.75. The third kappa shape index (κ3) is 4.45. The summed E-state index contributed by atoms with van der Waals surface area (Å²) in [4.78, 5) is 15.3. The van der Waals surface area contributed by atoms with E-state index in [9.17, 15) is 13.2 Å². The molecule has 0 radical (unpaired) electrons. The number of nitrogens with one attached hydrogen (secondary N) is 1. The topological polar surface area (TPSA) is 70.7 Å². The van der Waals surface area contributed by atoms with Gasteiger partial charge in [0.05, 0.1) is 34.8 Å². The van der Waals surface area contributed by atoms with E-state index in [1.54, 1.807) is 29.9 Å². The highest BCUT2D eigenvalue weighted by Crippen LogP contribution is 2.39. The Bertz CT molecular complexity index is 1150. The van der Waals surface area contributed by atoms with Gasteiger partial charge in [-0.15, -0.1) is 5.10 Å². The normalized spacial score (nSPS) is 17.7. The monoisotopic (exact) mass is 447 g/mol. The highest BCUT2D eigenvalue weighted by molar-refractivity contribution is 5.96. The van der Waals surface area contributed by atoms with Gasteiger partial charge in [-0.05, 0) is 46.1 Å². The van der Waals surface area contributed by atoms with E-state index in [1.165, 1.54) is 6.92 Å². The van der Waals surface area contributed by atoms with Crippen LogP contribution in [0.2, 0.25) is 0 Å². The number of fused-ring (bicyclic) bond motifs is 2. The molecule has 0 amide bonds. The zero-order chi connectivity index (χ0) is 23.0. The average Bonchev–Trinajstić information content (AvgIpc) is 3.27. The van der Waals surface area contributed by atoms with Gasteiger partial charge in [-0.2, -0.15) is 0 Å². The zero-order valence-corrected chi connectivity index (χ0v) is 18.4. The maximum Gasteiger partial charge on any atom is 0.241 e. The molecule has 3 aromatic heterocycles. The summed E-state index contributed by atoms with van der Waals surface area (Å²) in [6, 6.07) is 5.02. The average molecular weight is 448 g/mol. The van der Waals surface area contributed by atoms with Gasteiger partial charge in [-0.1, -0.05) is 0 Å². The molecule has 7 nitrogen and oxygen atoms in total. The molecule has 0 saturated heterocycles. The second-order valence-electron chi connectivity index (χ2n) is 8.37. The van der Waals surface area contributed by atoms with Crippen molar-refractivity contribution in [1.29, 1.82) is 0 Å². The van der Waals surface area contributed by atoms with Crippen molar-refractivity contribution < 1.29 is 14.6 Å². The Morgan fingerprint density at radius 2 is 2.00 bits per heavy atom. The standard InChI is InChI=1S/C22H26F3N7.H2/c1-12(23)18(11-31(3)4)29-22-26-10-19-14(7-8-32(19)30-22)16-5-6-17-21(28-16)15(9-20(24)25)13(2)27-17;/h5-8,10,12,15,18,20H,9,11H2,1-4H3,(H,29,30);1H/t12-,15?,18-;/m0./s1. The fraction of sp³-hybridized carbons (Fsp3) is 0.455. The fourth-order valence-corrected chi connectivity index (χ4v) is 3.94. The van der Waals surface area contributed by atoms with Crippen LogP contribution >= 0.6 is 0 Å². The van der Waals surface area contributed by atoms with Crippen LogP contribution in [0.4, 0.5) is 24.8 Å². The summed E-state index contributed by atoms with van der Waals surface area (Å²) >= 11 is 0. The summed E-state index contributed by atoms with van der Waals surface area (Å²) in [5, 5.41) is 7.50. The molecule has 0 bridgehead atoms. The summed E-state index contributed by atoms with van der Waals surface area (Å²) in [5.41, 5.74) is 3.99. The number of anilines is 1. The molecule has 0 aromatic carbocycles. The minimum atomic E-state index is -2.43. The predicted molar refractivity (Wildman–Crippen MR) is 121 cm³/mol. The molecule has 172 valence electrons. The number of pyridine rings is 1. The Labute approximate surface area is 185 Å². The lowest BCUT2D eigenvalue weighted by atomic mass is 9.97. The van der Waals surface area contributed by atoms with Crippen molar-refractivity contribution >= 4 is 22.9 Å². The molecule has 0 spiro atoms. The molecule has 4 heterocycles. The molecule has 4 rings (SSSR count). The third-order valence-electron chi connectivity index (χ3n) is 5.57. The Morgan fingerprint density at radius 1 is 1.22 bits per heavy atom. The number of halogens is 3. The number of hydrogen-bond acceptors (Lipinski definition) is 6. The van der Waals surface area contributed by atoms with E-state index in [2.05, 4.69) is 25.4 Å². The lowest BCUT2D eigenvalue weighted by molar-refractivity contribution is 0.135. The maximum absolute atomic E-state index is 14.0. The molecule has 32 heavy (non-hydrogen) atoms. The number of alkyl halides is 3. The molecule has 3 atom stereocenters. The first-order valence-electron chi connectivity index (χ1n) is 10.5. The number of aliphatic imine (C=N–C) groups is 1. The minimum absolute atomic E-state index is 0. The molecule has 1 N–H and O–H groups in total. The summed E-state index contributed by atoms with van der Waals surface area (Å²) < 4.78 is 41.7. The van der Waals surface area contributed by atoms with Crippen LogP contribution in [0, 0.1) is 0 Å². The van der Waals surface area contributed by atoms with Crippen LogP contribution in [0.25, 0.3) is 16.8 Å². The molecule has 0 fully saturated rings. The molecule has 1 aliphatic heterocycles. The van der Waals surface area contributed by atoms with Crippen LogP contribution in [0.3, 0.4) is 0 Å². The Hall–Kier alpha value is -3.01. The SMILES string of the molecule is CC1=Nc2ccc(-c3ccn4nc(N[C@@H](CN(C)C)[C@H](C)F)ncc34)nc2C1CC(F)F.[HH]. The summed E-state index contributed by atoms with van der Waals surface area (Å²) in [5.74, 6) is -0.166. The van der Waals surface area contributed by atoms with Gasteiger partial charge in [0.1, 0.15) is 6.17 Å². The van der Waals surface area contributed by atoms with Crippen LogP contribution < -0.4 is 5.32 Å².